The van der Waals surface area contributed by atoms with Gasteiger partial charge in [-0.1, -0.05) is 0 Å². The number of hydrogen-bond donors (Lipinski definition) is 1. The van der Waals surface area contributed by atoms with Crippen LogP contribution in [0.2, 0.25) is 0 Å². The zero-order chi connectivity index (χ0) is 15.5. The van der Waals surface area contributed by atoms with Gasteiger partial charge in [0.2, 0.25) is 5.75 Å². The maximum Gasteiger partial charge on any atom is 0.255 e. The second kappa shape index (κ2) is 6.43. The maximum atomic E-state index is 12.4. The predicted molar refractivity (Wildman–Crippen MR) is 80.8 cm³/mol. The van der Waals surface area contributed by atoms with Crippen molar-refractivity contribution in [1.82, 2.24) is 5.32 Å². The second-order valence-electron chi connectivity index (χ2n) is 5.20. The Kier molecular flexibility index (Phi) is 4.83. The molecule has 1 aliphatic rings. The number of rotatable bonds is 7. The Hall–Kier alpha value is -1.62. The Balaban J connectivity index is 2.20. The standard InChI is InChI=1S/C15H20ClNO4/c1-19-11-5-4-10(12(20-2)13(11)21-3)14(18)17-9-15(8-16)6-7-15/h4-5H,6-9H2,1-3H3,(H,17,18). The van der Waals surface area contributed by atoms with Crippen molar-refractivity contribution >= 4 is 17.5 Å². The van der Waals surface area contributed by atoms with E-state index in [4.69, 9.17) is 25.8 Å². The van der Waals surface area contributed by atoms with Crippen LogP contribution in [0.5, 0.6) is 17.2 Å². The van der Waals surface area contributed by atoms with E-state index in [2.05, 4.69) is 5.32 Å². The molecule has 1 amide bonds. The van der Waals surface area contributed by atoms with E-state index in [1.807, 2.05) is 0 Å². The number of halogens is 1. The summed E-state index contributed by atoms with van der Waals surface area (Å²) >= 11 is 5.92. The lowest BCUT2D eigenvalue weighted by Gasteiger charge is -2.17. The molecule has 2 rings (SSSR count). The summed E-state index contributed by atoms with van der Waals surface area (Å²) in [5.74, 6) is 1.65. The van der Waals surface area contributed by atoms with Crippen LogP contribution in [0.3, 0.4) is 0 Å². The quantitative estimate of drug-likeness (QED) is 0.786. The summed E-state index contributed by atoms with van der Waals surface area (Å²) in [6.45, 7) is 0.576. The SMILES string of the molecule is COc1ccc(C(=O)NCC2(CCl)CC2)c(OC)c1OC. The number of methoxy groups -OCH3 is 3. The minimum atomic E-state index is -0.204. The Morgan fingerprint density at radius 3 is 2.33 bits per heavy atom. The molecule has 0 spiro atoms. The molecule has 1 aliphatic carbocycles. The Morgan fingerprint density at radius 2 is 1.86 bits per heavy atom. The summed E-state index contributed by atoms with van der Waals surface area (Å²) in [5.41, 5.74) is 0.488. The number of nitrogens with one attached hydrogen (secondary N) is 1. The van der Waals surface area contributed by atoms with Gasteiger partial charge in [-0.25, -0.2) is 0 Å². The van der Waals surface area contributed by atoms with Crippen LogP contribution in [0.4, 0.5) is 0 Å². The van der Waals surface area contributed by atoms with Gasteiger partial charge in [-0.2, -0.15) is 0 Å². The highest BCUT2D eigenvalue weighted by atomic mass is 35.5. The molecule has 0 bridgehead atoms. The van der Waals surface area contributed by atoms with E-state index in [1.165, 1.54) is 21.3 Å². The third-order valence-electron chi connectivity index (χ3n) is 3.81. The van der Waals surface area contributed by atoms with Gasteiger partial charge in [0.25, 0.3) is 5.91 Å². The van der Waals surface area contributed by atoms with E-state index in [0.717, 1.165) is 12.8 Å². The van der Waals surface area contributed by atoms with Gasteiger partial charge in [0.15, 0.2) is 11.5 Å². The summed E-state index contributed by atoms with van der Waals surface area (Å²) < 4.78 is 15.8. The number of carbonyl (C=O) groups excluding carboxylic acids is 1. The molecule has 0 atom stereocenters. The van der Waals surface area contributed by atoms with Crippen LogP contribution in [-0.4, -0.2) is 39.7 Å². The number of ether oxygens (including phenoxy) is 3. The van der Waals surface area contributed by atoms with E-state index in [9.17, 15) is 4.79 Å². The van der Waals surface area contributed by atoms with E-state index in [0.29, 0.717) is 35.2 Å². The first-order valence-corrected chi connectivity index (χ1v) is 7.27. The molecular formula is C15H20ClNO4. The molecular weight excluding hydrogens is 294 g/mol. The normalized spacial score (nSPS) is 15.2. The third-order valence-corrected chi connectivity index (χ3v) is 4.38. The number of carbonyl (C=O) groups is 1. The van der Waals surface area contributed by atoms with E-state index < -0.39 is 0 Å². The molecule has 1 N–H and O–H groups in total. The van der Waals surface area contributed by atoms with Crippen molar-refractivity contribution in [2.24, 2.45) is 5.41 Å². The fourth-order valence-electron chi connectivity index (χ4n) is 2.18. The zero-order valence-electron chi connectivity index (χ0n) is 12.5. The van der Waals surface area contributed by atoms with Crippen LogP contribution < -0.4 is 19.5 Å². The highest BCUT2D eigenvalue weighted by Crippen LogP contribution is 2.46. The third kappa shape index (κ3) is 3.18. The van der Waals surface area contributed by atoms with Gasteiger partial charge in [-0.3, -0.25) is 4.79 Å². The number of hydrogen-bond acceptors (Lipinski definition) is 4. The van der Waals surface area contributed by atoms with Crippen LogP contribution in [0.1, 0.15) is 23.2 Å². The van der Waals surface area contributed by atoms with Crippen LogP contribution in [0.15, 0.2) is 12.1 Å². The molecule has 1 aromatic rings. The second-order valence-corrected chi connectivity index (χ2v) is 5.47. The minimum absolute atomic E-state index is 0.0704. The van der Waals surface area contributed by atoms with Crippen molar-refractivity contribution in [2.45, 2.75) is 12.8 Å². The van der Waals surface area contributed by atoms with Gasteiger partial charge in [-0.15, -0.1) is 11.6 Å². The number of amides is 1. The molecule has 1 aromatic carbocycles. The smallest absolute Gasteiger partial charge is 0.255 e. The maximum absolute atomic E-state index is 12.4. The Bertz CT molecular complexity index is 529. The first kappa shape index (κ1) is 15.8. The average molecular weight is 314 g/mol. The molecule has 21 heavy (non-hydrogen) atoms. The summed E-state index contributed by atoms with van der Waals surface area (Å²) in [6.07, 6.45) is 2.11. The van der Waals surface area contributed by atoms with Crippen LogP contribution in [0.25, 0.3) is 0 Å². The van der Waals surface area contributed by atoms with Gasteiger partial charge in [0, 0.05) is 17.8 Å². The molecule has 1 fully saturated rings. The summed E-state index contributed by atoms with van der Waals surface area (Å²) in [4.78, 5) is 12.4. The monoisotopic (exact) mass is 313 g/mol. The van der Waals surface area contributed by atoms with Crippen molar-refractivity contribution in [3.8, 4) is 17.2 Å². The van der Waals surface area contributed by atoms with Crippen LogP contribution in [-0.2, 0) is 0 Å². The first-order valence-electron chi connectivity index (χ1n) is 6.74. The summed E-state index contributed by atoms with van der Waals surface area (Å²) in [7, 11) is 4.54. The van der Waals surface area contributed by atoms with E-state index in [-0.39, 0.29) is 11.3 Å². The molecule has 0 radical (unpaired) electrons. The fraction of sp³-hybridized carbons (Fsp3) is 0.533. The van der Waals surface area contributed by atoms with Crippen molar-refractivity contribution in [3.63, 3.8) is 0 Å². The summed E-state index contributed by atoms with van der Waals surface area (Å²) in [5, 5.41) is 2.92. The van der Waals surface area contributed by atoms with Crippen molar-refractivity contribution in [3.05, 3.63) is 17.7 Å². The first-order chi connectivity index (χ1) is 10.1. The van der Waals surface area contributed by atoms with Crippen molar-refractivity contribution in [2.75, 3.05) is 33.8 Å². The van der Waals surface area contributed by atoms with E-state index >= 15 is 0 Å². The lowest BCUT2D eigenvalue weighted by atomic mass is 10.1. The molecule has 0 heterocycles. The molecule has 0 saturated heterocycles. The van der Waals surface area contributed by atoms with Crippen LogP contribution in [0, 0.1) is 5.41 Å². The zero-order valence-corrected chi connectivity index (χ0v) is 13.3. The highest BCUT2D eigenvalue weighted by Gasteiger charge is 2.42. The lowest BCUT2D eigenvalue weighted by molar-refractivity contribution is 0.0942. The Labute approximate surface area is 129 Å². The molecule has 116 valence electrons. The number of benzene rings is 1. The molecule has 5 nitrogen and oxygen atoms in total. The van der Waals surface area contributed by atoms with Gasteiger partial charge in [0.05, 0.1) is 26.9 Å². The predicted octanol–water partition coefficient (Wildman–Crippen LogP) is 2.46. The molecule has 0 aromatic heterocycles. The molecule has 1 saturated carbocycles. The van der Waals surface area contributed by atoms with Gasteiger partial charge in [-0.05, 0) is 25.0 Å². The lowest BCUT2D eigenvalue weighted by Crippen LogP contribution is -2.31. The van der Waals surface area contributed by atoms with Gasteiger partial charge >= 0.3 is 0 Å². The molecule has 0 aliphatic heterocycles. The molecule has 0 unspecified atom stereocenters. The Morgan fingerprint density at radius 1 is 1.19 bits per heavy atom. The van der Waals surface area contributed by atoms with Crippen molar-refractivity contribution < 1.29 is 19.0 Å². The number of alkyl halides is 1. The van der Waals surface area contributed by atoms with Gasteiger partial charge < -0.3 is 19.5 Å². The van der Waals surface area contributed by atoms with Gasteiger partial charge in [0.1, 0.15) is 0 Å². The average Bonchev–Trinajstić information content (AvgIpc) is 3.31. The van der Waals surface area contributed by atoms with Crippen LogP contribution >= 0.6 is 11.6 Å². The van der Waals surface area contributed by atoms with Crippen molar-refractivity contribution in [1.29, 1.82) is 0 Å². The molecule has 6 heteroatoms. The topological polar surface area (TPSA) is 56.8 Å². The minimum Gasteiger partial charge on any atom is -0.493 e. The highest BCUT2D eigenvalue weighted by molar-refractivity contribution is 6.18. The largest absolute Gasteiger partial charge is 0.493 e. The summed E-state index contributed by atoms with van der Waals surface area (Å²) in [6, 6.07) is 3.35. The van der Waals surface area contributed by atoms with E-state index in [1.54, 1.807) is 12.1 Å². The fourth-order valence-corrected chi connectivity index (χ4v) is 2.54.